The van der Waals surface area contributed by atoms with Gasteiger partial charge in [0.05, 0.1) is 30.9 Å². The lowest BCUT2D eigenvalue weighted by molar-refractivity contribution is 0.174. The Balaban J connectivity index is 1.49. The number of benzene rings is 4. The molecule has 0 fully saturated rings. The quantitative estimate of drug-likeness (QED) is 0.117. The summed E-state index contributed by atoms with van der Waals surface area (Å²) in [5.74, 6) is -0.488. The van der Waals surface area contributed by atoms with E-state index in [0.717, 1.165) is 11.1 Å². The van der Waals surface area contributed by atoms with Gasteiger partial charge in [0.25, 0.3) is 10.0 Å². The van der Waals surface area contributed by atoms with Crippen LogP contribution in [0.3, 0.4) is 0 Å². The number of ether oxygens (including phenoxy) is 2. The lowest BCUT2D eigenvalue weighted by atomic mass is 9.90. The first-order valence-electron chi connectivity index (χ1n) is 13.8. The highest BCUT2D eigenvalue weighted by molar-refractivity contribution is 7.92. The fraction of sp³-hybridized carbons (Fsp3) is 0.188. The van der Waals surface area contributed by atoms with E-state index in [0.29, 0.717) is 23.5 Å². The summed E-state index contributed by atoms with van der Waals surface area (Å²) in [6, 6.07) is 26.4. The Kier molecular flexibility index (Phi) is 11.0. The van der Waals surface area contributed by atoms with Crippen LogP contribution >= 0.6 is 0 Å². The summed E-state index contributed by atoms with van der Waals surface area (Å²) < 4.78 is 37.2. The second kappa shape index (κ2) is 15.1. The maximum absolute atomic E-state index is 12.8. The predicted molar refractivity (Wildman–Crippen MR) is 170 cm³/mol. The van der Waals surface area contributed by atoms with Gasteiger partial charge in [-0.25, -0.2) is 18.0 Å². The largest absolute Gasteiger partial charge is 0.506 e. The van der Waals surface area contributed by atoms with Gasteiger partial charge in [0, 0.05) is 30.4 Å². The van der Waals surface area contributed by atoms with Crippen molar-refractivity contribution >= 4 is 39.3 Å². The topological polar surface area (TPSA) is 175 Å². The number of carbonyl (C=O) groups excluding carboxylic acids is 2. The molecule has 4 aromatic rings. The SMILES string of the molecule is COC(=O)Nc1ccc(C(CNCC(O)c2ccc(O)c(NS(=O)(=O)c3ccccc3)c2)c2ccc(NC(=O)OC)cc2)cc1. The number of phenols is 1. The van der Waals surface area contributed by atoms with Crippen LogP contribution in [0.2, 0.25) is 0 Å². The van der Waals surface area contributed by atoms with Crippen LogP contribution in [0, 0.1) is 0 Å². The maximum atomic E-state index is 12.8. The third-order valence-corrected chi connectivity index (χ3v) is 8.26. The molecular formula is C32H34N4O8S. The first kappa shape index (κ1) is 32.8. The third kappa shape index (κ3) is 8.95. The van der Waals surface area contributed by atoms with Crippen LogP contribution in [-0.2, 0) is 19.5 Å². The van der Waals surface area contributed by atoms with Crippen LogP contribution in [0.1, 0.15) is 28.7 Å². The van der Waals surface area contributed by atoms with E-state index in [1.807, 2.05) is 24.3 Å². The third-order valence-electron chi connectivity index (χ3n) is 6.88. The molecule has 236 valence electrons. The first-order valence-corrected chi connectivity index (χ1v) is 15.3. The molecule has 12 nitrogen and oxygen atoms in total. The van der Waals surface area contributed by atoms with Gasteiger partial charge in [-0.2, -0.15) is 0 Å². The van der Waals surface area contributed by atoms with Gasteiger partial charge in [0.2, 0.25) is 0 Å². The number of methoxy groups -OCH3 is 2. The zero-order valence-electron chi connectivity index (χ0n) is 24.6. The minimum Gasteiger partial charge on any atom is -0.506 e. The number of phenolic OH excluding ortho intramolecular Hbond substituents is 1. The van der Waals surface area contributed by atoms with Gasteiger partial charge in [-0.05, 0) is 65.2 Å². The van der Waals surface area contributed by atoms with Crippen molar-refractivity contribution in [2.45, 2.75) is 16.9 Å². The fourth-order valence-corrected chi connectivity index (χ4v) is 5.58. The zero-order valence-corrected chi connectivity index (χ0v) is 25.4. The second-order valence-electron chi connectivity index (χ2n) is 9.90. The molecule has 0 heterocycles. The van der Waals surface area contributed by atoms with Crippen LogP contribution in [0.4, 0.5) is 26.7 Å². The number of carbonyl (C=O) groups is 2. The van der Waals surface area contributed by atoms with E-state index in [4.69, 9.17) is 0 Å². The minimum absolute atomic E-state index is 0.0336. The van der Waals surface area contributed by atoms with E-state index in [2.05, 4.69) is 30.1 Å². The molecule has 0 aliphatic heterocycles. The van der Waals surface area contributed by atoms with Gasteiger partial charge in [0.15, 0.2) is 0 Å². The fourth-order valence-electron chi connectivity index (χ4n) is 4.49. The summed E-state index contributed by atoms with van der Waals surface area (Å²) in [4.78, 5) is 23.2. The summed E-state index contributed by atoms with van der Waals surface area (Å²) in [7, 11) is -1.40. The average molecular weight is 635 g/mol. The molecule has 1 atom stereocenters. The lowest BCUT2D eigenvalue weighted by Gasteiger charge is -2.21. The molecule has 0 saturated carbocycles. The molecule has 0 bridgehead atoms. The molecule has 4 rings (SSSR count). The zero-order chi connectivity index (χ0) is 32.4. The molecule has 1 unspecified atom stereocenters. The molecule has 13 heteroatoms. The van der Waals surface area contributed by atoms with Gasteiger partial charge >= 0.3 is 12.2 Å². The maximum Gasteiger partial charge on any atom is 0.411 e. The van der Waals surface area contributed by atoms with E-state index in [1.54, 1.807) is 42.5 Å². The van der Waals surface area contributed by atoms with Crippen LogP contribution in [-0.4, -0.2) is 58.1 Å². The highest BCUT2D eigenvalue weighted by Gasteiger charge is 2.19. The highest BCUT2D eigenvalue weighted by Crippen LogP contribution is 2.30. The van der Waals surface area contributed by atoms with Gasteiger partial charge in [-0.1, -0.05) is 48.5 Å². The van der Waals surface area contributed by atoms with Gasteiger partial charge in [-0.15, -0.1) is 0 Å². The van der Waals surface area contributed by atoms with Crippen molar-refractivity contribution in [2.75, 3.05) is 42.7 Å². The van der Waals surface area contributed by atoms with Crippen LogP contribution in [0.25, 0.3) is 0 Å². The standard InChI is InChI=1S/C32H34N4O8S/c1-43-31(39)34-24-13-8-21(9-14-24)27(22-10-15-25(16-11-22)35-32(40)44-2)19-33-20-30(38)23-12-17-29(37)28(18-23)36-45(41,42)26-6-4-3-5-7-26/h3-18,27,30,33,36-38H,19-20H2,1-2H3,(H,34,39)(H,35,40). The first-order chi connectivity index (χ1) is 21.6. The van der Waals surface area contributed by atoms with E-state index in [9.17, 15) is 28.2 Å². The minimum atomic E-state index is -3.96. The molecule has 0 aromatic heterocycles. The van der Waals surface area contributed by atoms with Crippen molar-refractivity contribution in [1.29, 1.82) is 0 Å². The van der Waals surface area contributed by atoms with Crippen LogP contribution in [0.5, 0.6) is 5.75 Å². The van der Waals surface area contributed by atoms with Gasteiger partial charge < -0.3 is 25.0 Å². The number of aromatic hydroxyl groups is 1. The monoisotopic (exact) mass is 634 g/mol. The molecule has 6 N–H and O–H groups in total. The van der Waals surface area contributed by atoms with Crippen molar-refractivity contribution in [1.82, 2.24) is 5.32 Å². The Morgan fingerprint density at radius 2 is 1.24 bits per heavy atom. The summed E-state index contributed by atoms with van der Waals surface area (Å²) in [6.07, 6.45) is -2.22. The molecule has 0 saturated heterocycles. The Morgan fingerprint density at radius 1 is 0.733 bits per heavy atom. The van der Waals surface area contributed by atoms with Crippen molar-refractivity contribution in [3.63, 3.8) is 0 Å². The number of aliphatic hydroxyl groups excluding tert-OH is 1. The van der Waals surface area contributed by atoms with E-state index >= 15 is 0 Å². The highest BCUT2D eigenvalue weighted by atomic mass is 32.2. The van der Waals surface area contributed by atoms with Crippen LogP contribution in [0.15, 0.2) is 102 Å². The Morgan fingerprint density at radius 3 is 1.76 bits per heavy atom. The number of hydrogen-bond donors (Lipinski definition) is 6. The number of nitrogens with one attached hydrogen (secondary N) is 4. The van der Waals surface area contributed by atoms with Crippen molar-refractivity contribution in [3.05, 3.63) is 114 Å². The number of hydrogen-bond acceptors (Lipinski definition) is 9. The molecule has 0 spiro atoms. The predicted octanol–water partition coefficient (Wildman–Crippen LogP) is 5.00. The molecule has 4 aromatic carbocycles. The van der Waals surface area contributed by atoms with E-state index < -0.39 is 28.3 Å². The molecule has 2 amide bonds. The van der Waals surface area contributed by atoms with Gasteiger partial charge in [-0.3, -0.25) is 15.4 Å². The van der Waals surface area contributed by atoms with Crippen molar-refractivity contribution in [2.24, 2.45) is 0 Å². The summed E-state index contributed by atoms with van der Waals surface area (Å²) in [5, 5.41) is 29.8. The smallest absolute Gasteiger partial charge is 0.411 e. The van der Waals surface area contributed by atoms with Crippen molar-refractivity contribution < 1.29 is 37.7 Å². The Labute approximate surface area is 261 Å². The summed E-state index contributed by atoms with van der Waals surface area (Å²) in [6.45, 7) is 0.492. The van der Waals surface area contributed by atoms with E-state index in [-0.39, 0.29) is 28.8 Å². The molecular weight excluding hydrogens is 600 g/mol. The molecule has 0 aliphatic carbocycles. The number of aliphatic hydroxyl groups is 1. The normalized spacial score (nSPS) is 11.8. The van der Waals surface area contributed by atoms with E-state index in [1.165, 1.54) is 44.6 Å². The lowest BCUT2D eigenvalue weighted by Crippen LogP contribution is -2.27. The van der Waals surface area contributed by atoms with Crippen LogP contribution < -0.4 is 20.7 Å². The summed E-state index contributed by atoms with van der Waals surface area (Å²) in [5.41, 5.74) is 3.24. The molecule has 45 heavy (non-hydrogen) atoms. The summed E-state index contributed by atoms with van der Waals surface area (Å²) >= 11 is 0. The molecule has 0 radical (unpaired) electrons. The average Bonchev–Trinajstić information content (AvgIpc) is 3.05. The number of anilines is 3. The Bertz CT molecular complexity index is 1640. The second-order valence-corrected chi connectivity index (χ2v) is 11.6. The van der Waals surface area contributed by atoms with Gasteiger partial charge in [0.1, 0.15) is 5.75 Å². The molecule has 0 aliphatic rings. The Hall–Kier alpha value is -5.11. The number of rotatable bonds is 12. The number of amides is 2. The number of sulfonamides is 1. The van der Waals surface area contributed by atoms with Crippen molar-refractivity contribution in [3.8, 4) is 5.75 Å².